The van der Waals surface area contributed by atoms with Crippen molar-refractivity contribution >= 4 is 21.6 Å². The van der Waals surface area contributed by atoms with Gasteiger partial charge in [0.05, 0.1) is 11.9 Å². The van der Waals surface area contributed by atoms with E-state index in [1.54, 1.807) is 18.2 Å². The molecular weight excluding hydrogens is 578 g/mol. The molecule has 1 aliphatic carbocycles. The number of hydrogen-bond donors (Lipinski definition) is 3. The number of nitrogens with one attached hydrogen (secondary N) is 2. The Balaban J connectivity index is 1.05. The first-order chi connectivity index (χ1) is 21.2. The SMILES string of the molecule is CS(=O)(=O)Nc1cc(OC[C@@H](O)CNC2CCC(c3ccc(C(=O)N4CCCC4)cc3)CC2)ccc1OCc1ccccc1. The highest BCUT2D eigenvalue weighted by atomic mass is 32.2. The molecule has 44 heavy (non-hydrogen) atoms. The zero-order valence-corrected chi connectivity index (χ0v) is 26.1. The van der Waals surface area contributed by atoms with E-state index in [2.05, 4.69) is 22.2 Å². The van der Waals surface area contributed by atoms with E-state index >= 15 is 0 Å². The maximum absolute atomic E-state index is 12.6. The van der Waals surface area contributed by atoms with Gasteiger partial charge in [-0.05, 0) is 79.8 Å². The number of carbonyl (C=O) groups excluding carboxylic acids is 1. The molecule has 1 heterocycles. The number of carbonyl (C=O) groups is 1. The van der Waals surface area contributed by atoms with Crippen molar-refractivity contribution in [3.8, 4) is 11.5 Å². The molecule has 3 aromatic rings. The van der Waals surface area contributed by atoms with E-state index in [0.29, 0.717) is 30.0 Å². The normalized spacial score (nSPS) is 19.4. The highest BCUT2D eigenvalue weighted by Gasteiger charge is 2.24. The van der Waals surface area contributed by atoms with Gasteiger partial charge >= 0.3 is 0 Å². The average Bonchev–Trinajstić information content (AvgIpc) is 3.57. The van der Waals surface area contributed by atoms with Crippen LogP contribution in [0.1, 0.15) is 65.9 Å². The molecule has 0 unspecified atom stereocenters. The lowest BCUT2D eigenvalue weighted by molar-refractivity contribution is 0.0792. The smallest absolute Gasteiger partial charge is 0.253 e. The predicted molar refractivity (Wildman–Crippen MR) is 172 cm³/mol. The summed E-state index contributed by atoms with van der Waals surface area (Å²) in [5, 5.41) is 14.1. The highest BCUT2D eigenvalue weighted by molar-refractivity contribution is 7.92. The second-order valence-corrected chi connectivity index (χ2v) is 13.6. The van der Waals surface area contributed by atoms with Gasteiger partial charge in [0.2, 0.25) is 10.0 Å². The van der Waals surface area contributed by atoms with Gasteiger partial charge in [0, 0.05) is 37.3 Å². The molecule has 236 valence electrons. The van der Waals surface area contributed by atoms with Gasteiger partial charge in [0.1, 0.15) is 30.8 Å². The van der Waals surface area contributed by atoms with Gasteiger partial charge in [-0.1, -0.05) is 42.5 Å². The molecule has 1 saturated heterocycles. The first-order valence-electron chi connectivity index (χ1n) is 15.5. The largest absolute Gasteiger partial charge is 0.491 e. The molecule has 2 aliphatic rings. The molecule has 10 heteroatoms. The zero-order valence-electron chi connectivity index (χ0n) is 25.3. The van der Waals surface area contributed by atoms with E-state index in [9.17, 15) is 18.3 Å². The summed E-state index contributed by atoms with van der Waals surface area (Å²) in [5.74, 6) is 1.43. The van der Waals surface area contributed by atoms with Crippen molar-refractivity contribution in [2.45, 2.75) is 63.2 Å². The summed E-state index contributed by atoms with van der Waals surface area (Å²) >= 11 is 0. The van der Waals surface area contributed by atoms with Crippen molar-refractivity contribution in [1.29, 1.82) is 0 Å². The summed E-state index contributed by atoms with van der Waals surface area (Å²) in [5.41, 5.74) is 3.30. The number of aliphatic hydroxyl groups is 1. The van der Waals surface area contributed by atoms with Crippen LogP contribution in [0.3, 0.4) is 0 Å². The van der Waals surface area contributed by atoms with Crippen molar-refractivity contribution in [3.05, 3.63) is 89.5 Å². The van der Waals surface area contributed by atoms with Gasteiger partial charge in [-0.15, -0.1) is 0 Å². The maximum Gasteiger partial charge on any atom is 0.253 e. The van der Waals surface area contributed by atoms with E-state index in [0.717, 1.165) is 69.0 Å². The first-order valence-corrected chi connectivity index (χ1v) is 17.3. The van der Waals surface area contributed by atoms with Crippen molar-refractivity contribution in [1.82, 2.24) is 10.2 Å². The van der Waals surface area contributed by atoms with Gasteiger partial charge < -0.3 is 24.8 Å². The monoisotopic (exact) mass is 621 g/mol. The van der Waals surface area contributed by atoms with Crippen molar-refractivity contribution in [2.24, 2.45) is 0 Å². The number of nitrogens with zero attached hydrogens (tertiary/aromatic N) is 1. The number of hydrogen-bond acceptors (Lipinski definition) is 7. The molecule has 1 saturated carbocycles. The third-order valence-corrected chi connectivity index (χ3v) is 8.91. The first kappa shape index (κ1) is 31.8. The van der Waals surface area contributed by atoms with Gasteiger partial charge in [-0.25, -0.2) is 8.42 Å². The van der Waals surface area contributed by atoms with E-state index in [1.807, 2.05) is 47.4 Å². The summed E-state index contributed by atoms with van der Waals surface area (Å²) in [7, 11) is -3.54. The Hall–Kier alpha value is -3.60. The number of anilines is 1. The standard InChI is InChI=1S/C34H43N3O6S/c1-44(40,41)36-32-21-31(17-18-33(32)43-23-25-7-3-2-4-8-25)42-24-30(38)22-35-29-15-13-27(14-16-29)26-9-11-28(12-10-26)34(39)37-19-5-6-20-37/h2-4,7-12,17-18,21,27,29-30,35-36,38H,5-6,13-16,19-20,22-24H2,1H3/t27?,29?,30-/m0/s1. The summed E-state index contributed by atoms with van der Waals surface area (Å²) in [6, 6.07) is 23.0. The van der Waals surface area contributed by atoms with Gasteiger partial charge in [0.25, 0.3) is 5.91 Å². The lowest BCUT2D eigenvalue weighted by Crippen LogP contribution is -2.39. The van der Waals surface area contributed by atoms with E-state index in [-0.39, 0.29) is 24.8 Å². The molecular formula is C34H43N3O6S. The molecule has 3 aromatic carbocycles. The fourth-order valence-electron chi connectivity index (χ4n) is 5.93. The molecule has 1 amide bonds. The van der Waals surface area contributed by atoms with Gasteiger partial charge in [-0.2, -0.15) is 0 Å². The summed E-state index contributed by atoms with van der Waals surface area (Å²) in [6.45, 7) is 2.47. The van der Waals surface area contributed by atoms with Crippen LogP contribution in [0.25, 0.3) is 0 Å². The lowest BCUT2D eigenvalue weighted by Gasteiger charge is -2.30. The molecule has 0 spiro atoms. The Labute approximate surface area is 260 Å². The average molecular weight is 622 g/mol. The molecule has 1 aliphatic heterocycles. The molecule has 0 aromatic heterocycles. The van der Waals surface area contributed by atoms with Crippen LogP contribution in [0.5, 0.6) is 11.5 Å². The molecule has 0 bridgehead atoms. The Kier molecular flexibility index (Phi) is 10.8. The van der Waals surface area contributed by atoms with E-state index in [1.165, 1.54) is 5.56 Å². The molecule has 0 radical (unpaired) electrons. The Morgan fingerprint density at radius 3 is 2.34 bits per heavy atom. The van der Waals surface area contributed by atoms with Crippen LogP contribution in [-0.4, -0.2) is 69.0 Å². The van der Waals surface area contributed by atoms with Crippen LogP contribution < -0.4 is 19.5 Å². The van der Waals surface area contributed by atoms with Crippen LogP contribution in [0.4, 0.5) is 5.69 Å². The number of benzene rings is 3. The van der Waals surface area contributed by atoms with E-state index in [4.69, 9.17) is 9.47 Å². The number of aliphatic hydroxyl groups excluding tert-OH is 1. The van der Waals surface area contributed by atoms with Crippen LogP contribution in [-0.2, 0) is 16.6 Å². The lowest BCUT2D eigenvalue weighted by atomic mass is 9.81. The third-order valence-electron chi connectivity index (χ3n) is 8.32. The minimum Gasteiger partial charge on any atom is -0.491 e. The van der Waals surface area contributed by atoms with Gasteiger partial charge in [0.15, 0.2) is 0 Å². The zero-order chi connectivity index (χ0) is 30.9. The Bertz CT molecular complexity index is 1470. The Morgan fingerprint density at radius 1 is 0.955 bits per heavy atom. The molecule has 9 nitrogen and oxygen atoms in total. The number of amides is 1. The van der Waals surface area contributed by atoms with Crippen molar-refractivity contribution in [2.75, 3.05) is 37.2 Å². The fraction of sp³-hybridized carbons (Fsp3) is 0.441. The molecule has 3 N–H and O–H groups in total. The fourth-order valence-corrected chi connectivity index (χ4v) is 6.48. The number of rotatable bonds is 13. The van der Waals surface area contributed by atoms with E-state index < -0.39 is 16.1 Å². The highest BCUT2D eigenvalue weighted by Crippen LogP contribution is 2.34. The maximum atomic E-state index is 12.6. The number of ether oxygens (including phenoxy) is 2. The van der Waals surface area contributed by atoms with Crippen LogP contribution >= 0.6 is 0 Å². The minimum absolute atomic E-state index is 0.0629. The minimum atomic E-state index is -3.54. The van der Waals surface area contributed by atoms with Crippen LogP contribution in [0.2, 0.25) is 0 Å². The summed E-state index contributed by atoms with van der Waals surface area (Å²) < 4.78 is 38.1. The van der Waals surface area contributed by atoms with Gasteiger partial charge in [-0.3, -0.25) is 9.52 Å². The second-order valence-electron chi connectivity index (χ2n) is 11.8. The number of sulfonamides is 1. The van der Waals surface area contributed by atoms with Crippen molar-refractivity contribution < 1.29 is 27.8 Å². The molecule has 5 rings (SSSR count). The summed E-state index contributed by atoms with van der Waals surface area (Å²) in [4.78, 5) is 14.6. The number of likely N-dealkylation sites (tertiary alicyclic amines) is 1. The van der Waals surface area contributed by atoms with Crippen molar-refractivity contribution in [3.63, 3.8) is 0 Å². The topological polar surface area (TPSA) is 117 Å². The molecule has 2 fully saturated rings. The van der Waals surface area contributed by atoms with Crippen LogP contribution in [0.15, 0.2) is 72.8 Å². The third kappa shape index (κ3) is 9.20. The second kappa shape index (κ2) is 14.9. The predicted octanol–water partition coefficient (Wildman–Crippen LogP) is 4.93. The summed E-state index contributed by atoms with van der Waals surface area (Å²) in [6.07, 6.45) is 6.67. The Morgan fingerprint density at radius 2 is 1.66 bits per heavy atom. The van der Waals surface area contributed by atoms with Crippen LogP contribution in [0, 0.1) is 0 Å². The molecule has 1 atom stereocenters. The quantitative estimate of drug-likeness (QED) is 0.248.